The molecule has 0 radical (unpaired) electrons. The van der Waals surface area contributed by atoms with Crippen molar-refractivity contribution < 1.29 is 12.8 Å². The lowest BCUT2D eigenvalue weighted by molar-refractivity contribution is 0.314. The van der Waals surface area contributed by atoms with Crippen LogP contribution >= 0.6 is 11.3 Å². The molecule has 0 aliphatic carbocycles. The first-order chi connectivity index (χ1) is 14.5. The topological polar surface area (TPSA) is 63.2 Å². The van der Waals surface area contributed by atoms with E-state index < -0.39 is 10.0 Å². The summed E-state index contributed by atoms with van der Waals surface area (Å²) in [6.45, 7) is 2.96. The number of rotatable bonds is 6. The van der Waals surface area contributed by atoms with Crippen LogP contribution in [-0.2, 0) is 16.4 Å². The van der Waals surface area contributed by atoms with Crippen LogP contribution in [0.15, 0.2) is 53.4 Å². The predicted octanol–water partition coefficient (Wildman–Crippen LogP) is 4.87. The van der Waals surface area contributed by atoms with Crippen LogP contribution in [0, 0.1) is 5.82 Å². The molecule has 0 bridgehead atoms. The Bertz CT molecular complexity index is 1110. The van der Waals surface area contributed by atoms with Crippen LogP contribution in [-0.4, -0.2) is 36.0 Å². The van der Waals surface area contributed by atoms with Crippen LogP contribution in [0.5, 0.6) is 0 Å². The minimum Gasteiger partial charge on any atom is -0.207 e. The molecular formula is C22H24FN3O2S2. The number of nitrogens with zero attached hydrogens (tertiary/aromatic N) is 3. The summed E-state index contributed by atoms with van der Waals surface area (Å²) >= 11 is 1.34. The van der Waals surface area contributed by atoms with Crippen molar-refractivity contribution in [2.45, 2.75) is 43.4 Å². The van der Waals surface area contributed by atoms with Crippen molar-refractivity contribution in [3.05, 3.63) is 64.9 Å². The van der Waals surface area contributed by atoms with Crippen molar-refractivity contribution >= 4 is 21.4 Å². The molecule has 5 nitrogen and oxygen atoms in total. The monoisotopic (exact) mass is 445 g/mol. The van der Waals surface area contributed by atoms with Crippen LogP contribution in [0.25, 0.3) is 10.6 Å². The molecule has 1 atom stereocenters. The third-order valence-corrected chi connectivity index (χ3v) is 8.38. The second-order valence-corrected chi connectivity index (χ2v) is 10.5. The molecule has 1 aliphatic rings. The molecule has 2 heterocycles. The Morgan fingerprint density at radius 2 is 1.90 bits per heavy atom. The van der Waals surface area contributed by atoms with Crippen LogP contribution in [0.3, 0.4) is 0 Å². The molecule has 1 aromatic heterocycles. The first kappa shape index (κ1) is 21.1. The summed E-state index contributed by atoms with van der Waals surface area (Å²) in [6, 6.07) is 13.7. The lowest BCUT2D eigenvalue weighted by atomic mass is 10.0. The van der Waals surface area contributed by atoms with Crippen LogP contribution in [0.1, 0.15) is 42.7 Å². The lowest BCUT2D eigenvalue weighted by Crippen LogP contribution is -2.39. The fourth-order valence-electron chi connectivity index (χ4n) is 3.77. The van der Waals surface area contributed by atoms with Crippen molar-refractivity contribution in [3.8, 4) is 10.6 Å². The van der Waals surface area contributed by atoms with Gasteiger partial charge in [-0.15, -0.1) is 10.2 Å². The van der Waals surface area contributed by atoms with E-state index in [0.29, 0.717) is 28.6 Å². The van der Waals surface area contributed by atoms with Gasteiger partial charge in [0.05, 0.1) is 4.90 Å². The van der Waals surface area contributed by atoms with E-state index in [-0.39, 0.29) is 11.7 Å². The zero-order valence-corrected chi connectivity index (χ0v) is 18.4. The Balaban J connectivity index is 1.53. The third kappa shape index (κ3) is 4.31. The molecule has 0 saturated carbocycles. The minimum atomic E-state index is -3.56. The van der Waals surface area contributed by atoms with Gasteiger partial charge in [-0.25, -0.2) is 12.8 Å². The van der Waals surface area contributed by atoms with E-state index in [1.165, 1.54) is 17.4 Å². The van der Waals surface area contributed by atoms with Gasteiger partial charge in [-0.2, -0.15) is 4.31 Å². The van der Waals surface area contributed by atoms with Gasteiger partial charge in [-0.1, -0.05) is 48.9 Å². The fourth-order valence-corrected chi connectivity index (χ4v) is 6.29. The molecule has 1 aliphatic heterocycles. The molecule has 30 heavy (non-hydrogen) atoms. The van der Waals surface area contributed by atoms with Gasteiger partial charge in [0, 0.05) is 24.6 Å². The Kier molecular flexibility index (Phi) is 6.26. The predicted molar refractivity (Wildman–Crippen MR) is 116 cm³/mol. The molecule has 0 spiro atoms. The second-order valence-electron chi connectivity index (χ2n) is 7.52. The van der Waals surface area contributed by atoms with E-state index in [0.717, 1.165) is 36.3 Å². The van der Waals surface area contributed by atoms with Crippen molar-refractivity contribution in [3.63, 3.8) is 0 Å². The Labute approximate surface area is 180 Å². The molecular weight excluding hydrogens is 421 g/mol. The number of aryl methyl sites for hydroxylation is 1. The van der Waals surface area contributed by atoms with Crippen molar-refractivity contribution in [1.29, 1.82) is 0 Å². The van der Waals surface area contributed by atoms with Gasteiger partial charge in [-0.05, 0) is 49.1 Å². The van der Waals surface area contributed by atoms with E-state index in [1.54, 1.807) is 34.6 Å². The van der Waals surface area contributed by atoms with Crippen LogP contribution in [0.2, 0.25) is 0 Å². The highest BCUT2D eigenvalue weighted by Crippen LogP contribution is 2.35. The van der Waals surface area contributed by atoms with E-state index in [1.807, 2.05) is 12.1 Å². The highest BCUT2D eigenvalue weighted by atomic mass is 32.2. The van der Waals surface area contributed by atoms with Crippen molar-refractivity contribution in [2.75, 3.05) is 13.1 Å². The number of benzene rings is 2. The van der Waals surface area contributed by atoms with Crippen LogP contribution < -0.4 is 0 Å². The lowest BCUT2D eigenvalue weighted by Gasteiger charge is -2.30. The van der Waals surface area contributed by atoms with E-state index in [9.17, 15) is 12.8 Å². The summed E-state index contributed by atoms with van der Waals surface area (Å²) < 4.78 is 41.9. The maximum atomic E-state index is 14.1. The summed E-state index contributed by atoms with van der Waals surface area (Å²) in [4.78, 5) is 0.326. The maximum absolute atomic E-state index is 14.1. The Morgan fingerprint density at radius 1 is 1.13 bits per heavy atom. The molecule has 2 aromatic carbocycles. The summed E-state index contributed by atoms with van der Waals surface area (Å²) in [6.07, 6.45) is 3.56. The highest BCUT2D eigenvalue weighted by Gasteiger charge is 2.32. The maximum Gasteiger partial charge on any atom is 0.243 e. The molecule has 1 saturated heterocycles. The molecule has 1 unspecified atom stereocenters. The fraction of sp³-hybridized carbons (Fsp3) is 0.364. The van der Waals surface area contributed by atoms with Gasteiger partial charge in [-0.3, -0.25) is 0 Å². The van der Waals surface area contributed by atoms with Gasteiger partial charge in [0.25, 0.3) is 0 Å². The van der Waals surface area contributed by atoms with Crippen molar-refractivity contribution in [2.24, 2.45) is 0 Å². The highest BCUT2D eigenvalue weighted by molar-refractivity contribution is 7.89. The number of aromatic nitrogens is 2. The molecule has 8 heteroatoms. The van der Waals surface area contributed by atoms with Gasteiger partial charge >= 0.3 is 0 Å². The standard InChI is InChI=1S/C22H24FN3O2S2/c1-2-6-16-10-12-18(13-11-16)30(27,28)26-14-5-7-17(15-26)21-24-25-22(29-21)19-8-3-4-9-20(19)23/h3-4,8-13,17H,2,5-7,14-15H2,1H3. The van der Waals surface area contributed by atoms with E-state index in [2.05, 4.69) is 17.1 Å². The smallest absolute Gasteiger partial charge is 0.207 e. The Hall–Kier alpha value is -2.16. The molecule has 3 aromatic rings. The second kappa shape index (κ2) is 8.91. The van der Waals surface area contributed by atoms with Gasteiger partial charge in [0.2, 0.25) is 10.0 Å². The molecule has 0 N–H and O–H groups in total. The molecule has 158 valence electrons. The van der Waals surface area contributed by atoms with Gasteiger partial charge in [0.1, 0.15) is 10.8 Å². The quantitative estimate of drug-likeness (QED) is 0.543. The van der Waals surface area contributed by atoms with E-state index in [4.69, 9.17) is 0 Å². The van der Waals surface area contributed by atoms with Crippen molar-refractivity contribution in [1.82, 2.24) is 14.5 Å². The molecule has 4 rings (SSSR count). The van der Waals surface area contributed by atoms with Crippen LogP contribution in [0.4, 0.5) is 4.39 Å². The Morgan fingerprint density at radius 3 is 2.63 bits per heavy atom. The average Bonchev–Trinajstić information content (AvgIpc) is 3.25. The SMILES string of the molecule is CCCc1ccc(S(=O)(=O)N2CCCC(c3nnc(-c4ccccc4F)s3)C2)cc1. The van der Waals surface area contributed by atoms with Gasteiger partial charge in [0.15, 0.2) is 5.01 Å². The number of hydrogen-bond acceptors (Lipinski definition) is 5. The summed E-state index contributed by atoms with van der Waals surface area (Å²) in [5, 5.41) is 9.69. The first-order valence-electron chi connectivity index (χ1n) is 10.2. The zero-order chi connectivity index (χ0) is 21.1. The first-order valence-corrected chi connectivity index (χ1v) is 12.4. The molecule has 1 fully saturated rings. The summed E-state index contributed by atoms with van der Waals surface area (Å²) in [5.41, 5.74) is 1.57. The summed E-state index contributed by atoms with van der Waals surface area (Å²) in [5.74, 6) is -0.370. The van der Waals surface area contributed by atoms with Gasteiger partial charge < -0.3 is 0 Å². The molecule has 0 amide bonds. The number of hydrogen-bond donors (Lipinski definition) is 0. The largest absolute Gasteiger partial charge is 0.243 e. The average molecular weight is 446 g/mol. The normalized spacial score (nSPS) is 17.9. The minimum absolute atomic E-state index is 0.0362. The number of halogens is 1. The number of sulfonamides is 1. The third-order valence-electron chi connectivity index (χ3n) is 5.38. The zero-order valence-electron chi connectivity index (χ0n) is 16.8. The van der Waals surface area contributed by atoms with E-state index >= 15 is 0 Å². The summed E-state index contributed by atoms with van der Waals surface area (Å²) in [7, 11) is -3.56. The number of piperidine rings is 1.